The van der Waals surface area contributed by atoms with Crippen molar-refractivity contribution in [2.24, 2.45) is 5.41 Å². The van der Waals surface area contributed by atoms with Gasteiger partial charge in [-0.3, -0.25) is 10.1 Å². The molecule has 0 unspecified atom stereocenters. The Bertz CT molecular complexity index is 1360. The molecule has 0 aliphatic rings. The number of nitrogens with one attached hydrogen (secondary N) is 1. The lowest BCUT2D eigenvalue weighted by Crippen LogP contribution is -2.12. The second-order valence-corrected chi connectivity index (χ2v) is 11.4. The highest BCUT2D eigenvalue weighted by atomic mass is 35.5. The highest BCUT2D eigenvalue weighted by Gasteiger charge is 2.18. The SMILES string of the molecule is CO/C(=C/c1c(Cl)cc(C(=O)Nc2nc(-c3cccc(COCCC(C)(C)C)c3OC)cs2)cc1Cl)C(=O)O. The average molecular weight is 594 g/mol. The number of aliphatic carboxylic acids is 1. The van der Waals surface area contributed by atoms with Crippen molar-refractivity contribution in [3.8, 4) is 17.0 Å². The first kappa shape index (κ1) is 30.4. The standard InChI is InChI=1S/C28H30Cl2N2O6S/c1-28(2,3)9-10-38-14-16-7-6-8-18(24(16)37-5)22-15-39-27(31-22)32-25(33)17-11-20(29)19(21(30)12-17)13-23(36-4)26(34)35/h6-8,11-13,15H,9-10,14H2,1-5H3,(H,34,35)(H,31,32,33)/b23-13+. The van der Waals surface area contributed by atoms with Gasteiger partial charge in [0.2, 0.25) is 5.76 Å². The van der Waals surface area contributed by atoms with E-state index >= 15 is 0 Å². The van der Waals surface area contributed by atoms with Crippen molar-refractivity contribution < 1.29 is 28.9 Å². The molecule has 208 valence electrons. The van der Waals surface area contributed by atoms with Crippen LogP contribution in [0.3, 0.4) is 0 Å². The summed E-state index contributed by atoms with van der Waals surface area (Å²) in [6.07, 6.45) is 2.13. The minimum Gasteiger partial charge on any atom is -0.496 e. The minimum absolute atomic E-state index is 0.0922. The summed E-state index contributed by atoms with van der Waals surface area (Å²) >= 11 is 13.8. The Kier molecular flexibility index (Phi) is 10.4. The Morgan fingerprint density at radius 3 is 2.44 bits per heavy atom. The van der Waals surface area contributed by atoms with Crippen LogP contribution < -0.4 is 10.1 Å². The number of thiazole rings is 1. The maximum absolute atomic E-state index is 12.9. The second kappa shape index (κ2) is 13.3. The third kappa shape index (κ3) is 8.19. The van der Waals surface area contributed by atoms with E-state index in [1.54, 1.807) is 7.11 Å². The smallest absolute Gasteiger partial charge is 0.371 e. The Balaban J connectivity index is 1.77. The van der Waals surface area contributed by atoms with Gasteiger partial charge in [-0.15, -0.1) is 11.3 Å². The number of methoxy groups -OCH3 is 2. The summed E-state index contributed by atoms with van der Waals surface area (Å²) in [4.78, 5) is 28.7. The molecule has 3 aromatic rings. The summed E-state index contributed by atoms with van der Waals surface area (Å²) in [5.41, 5.74) is 2.92. The van der Waals surface area contributed by atoms with Gasteiger partial charge in [-0.1, -0.05) is 56.1 Å². The van der Waals surface area contributed by atoms with Gasteiger partial charge in [0.05, 0.1) is 36.6 Å². The van der Waals surface area contributed by atoms with E-state index in [-0.39, 0.29) is 32.3 Å². The Labute approximate surface area is 241 Å². The first-order valence-corrected chi connectivity index (χ1v) is 13.6. The second-order valence-electron chi connectivity index (χ2n) is 9.72. The number of amides is 1. The predicted molar refractivity (Wildman–Crippen MR) is 155 cm³/mol. The summed E-state index contributed by atoms with van der Waals surface area (Å²) in [6.45, 7) is 7.57. The van der Waals surface area contributed by atoms with E-state index in [9.17, 15) is 9.59 Å². The molecule has 0 atom stereocenters. The first-order chi connectivity index (χ1) is 18.4. The first-order valence-electron chi connectivity index (χ1n) is 11.9. The number of benzene rings is 2. The normalized spacial score (nSPS) is 11.8. The highest BCUT2D eigenvalue weighted by molar-refractivity contribution is 7.14. The molecular weight excluding hydrogens is 563 g/mol. The summed E-state index contributed by atoms with van der Waals surface area (Å²) in [6, 6.07) is 8.55. The topological polar surface area (TPSA) is 107 Å². The van der Waals surface area contributed by atoms with E-state index in [0.29, 0.717) is 29.8 Å². The Hall–Kier alpha value is -3.11. The average Bonchev–Trinajstić information content (AvgIpc) is 3.33. The molecule has 1 aromatic heterocycles. The summed E-state index contributed by atoms with van der Waals surface area (Å²) < 4.78 is 16.4. The van der Waals surface area contributed by atoms with Crippen molar-refractivity contribution in [3.05, 3.63) is 68.2 Å². The minimum atomic E-state index is -1.28. The van der Waals surface area contributed by atoms with Gasteiger partial charge in [-0.2, -0.15) is 0 Å². The summed E-state index contributed by atoms with van der Waals surface area (Å²) in [7, 11) is 2.82. The zero-order valence-electron chi connectivity index (χ0n) is 22.3. The van der Waals surface area contributed by atoms with Crippen molar-refractivity contribution in [1.29, 1.82) is 0 Å². The fourth-order valence-electron chi connectivity index (χ4n) is 3.52. The number of aromatic nitrogens is 1. The van der Waals surface area contributed by atoms with Crippen LogP contribution in [0.2, 0.25) is 10.0 Å². The number of carbonyl (C=O) groups is 2. The molecule has 0 bridgehead atoms. The molecular formula is C28H30Cl2N2O6S. The van der Waals surface area contributed by atoms with Crippen LogP contribution in [-0.4, -0.2) is 42.8 Å². The number of ether oxygens (including phenoxy) is 3. The van der Waals surface area contributed by atoms with Crippen LogP contribution >= 0.6 is 34.5 Å². The van der Waals surface area contributed by atoms with Gasteiger partial charge < -0.3 is 19.3 Å². The van der Waals surface area contributed by atoms with Gasteiger partial charge >= 0.3 is 5.97 Å². The third-order valence-electron chi connectivity index (χ3n) is 5.60. The number of hydrogen-bond donors (Lipinski definition) is 2. The maximum Gasteiger partial charge on any atom is 0.371 e. The number of hydrogen-bond acceptors (Lipinski definition) is 7. The van der Waals surface area contributed by atoms with Crippen LogP contribution in [0.1, 0.15) is 48.7 Å². The number of nitrogens with zero attached hydrogens (tertiary/aromatic N) is 1. The molecule has 0 aliphatic carbocycles. The molecule has 2 N–H and O–H groups in total. The van der Waals surface area contributed by atoms with Gasteiger partial charge in [-0.05, 0) is 36.1 Å². The van der Waals surface area contributed by atoms with Gasteiger partial charge in [0, 0.05) is 34.2 Å². The molecule has 0 spiro atoms. The molecule has 8 nitrogen and oxygen atoms in total. The zero-order valence-corrected chi connectivity index (χ0v) is 24.6. The van der Waals surface area contributed by atoms with Crippen LogP contribution in [-0.2, 0) is 20.9 Å². The summed E-state index contributed by atoms with van der Waals surface area (Å²) in [5, 5.41) is 14.3. The van der Waals surface area contributed by atoms with Gasteiger partial charge in [0.25, 0.3) is 5.91 Å². The number of halogens is 2. The maximum atomic E-state index is 12.9. The molecule has 0 radical (unpaired) electrons. The van der Waals surface area contributed by atoms with Gasteiger partial charge in [0.1, 0.15) is 5.75 Å². The molecule has 3 rings (SSSR count). The quantitative estimate of drug-likeness (QED) is 0.136. The molecule has 0 saturated heterocycles. The van der Waals surface area contributed by atoms with E-state index in [1.807, 2.05) is 23.6 Å². The van der Waals surface area contributed by atoms with Crippen molar-refractivity contribution in [1.82, 2.24) is 4.98 Å². The zero-order chi connectivity index (χ0) is 28.7. The predicted octanol–water partition coefficient (Wildman–Crippen LogP) is 7.40. The molecule has 1 heterocycles. The number of carboxylic acids is 1. The number of para-hydroxylation sites is 1. The highest BCUT2D eigenvalue weighted by Crippen LogP contribution is 2.36. The van der Waals surface area contributed by atoms with Crippen molar-refractivity contribution >= 4 is 57.6 Å². The van der Waals surface area contributed by atoms with Gasteiger partial charge in [0.15, 0.2) is 5.13 Å². The van der Waals surface area contributed by atoms with Crippen LogP contribution in [0.5, 0.6) is 5.75 Å². The van der Waals surface area contributed by atoms with E-state index in [4.69, 9.17) is 42.5 Å². The Morgan fingerprint density at radius 2 is 1.85 bits per heavy atom. The van der Waals surface area contributed by atoms with Crippen LogP contribution in [0.15, 0.2) is 41.5 Å². The third-order valence-corrected chi connectivity index (χ3v) is 6.99. The van der Waals surface area contributed by atoms with Crippen molar-refractivity contribution in [2.45, 2.75) is 33.8 Å². The van der Waals surface area contributed by atoms with Crippen molar-refractivity contribution in [3.63, 3.8) is 0 Å². The van der Waals surface area contributed by atoms with Crippen LogP contribution in [0.4, 0.5) is 5.13 Å². The lowest BCUT2D eigenvalue weighted by molar-refractivity contribution is -0.135. The number of carbonyl (C=O) groups excluding carboxylic acids is 1. The number of carboxylic acid groups (broad SMARTS) is 1. The van der Waals surface area contributed by atoms with Crippen molar-refractivity contribution in [2.75, 3.05) is 26.1 Å². The molecule has 0 fully saturated rings. The molecule has 0 aliphatic heterocycles. The van der Waals surface area contributed by atoms with Gasteiger partial charge in [-0.25, -0.2) is 9.78 Å². The molecule has 1 amide bonds. The van der Waals surface area contributed by atoms with Crippen LogP contribution in [0, 0.1) is 5.41 Å². The Morgan fingerprint density at radius 1 is 1.15 bits per heavy atom. The number of rotatable bonds is 11. The monoisotopic (exact) mass is 592 g/mol. The van der Waals surface area contributed by atoms with E-state index in [1.165, 1.54) is 36.7 Å². The molecule has 39 heavy (non-hydrogen) atoms. The largest absolute Gasteiger partial charge is 0.496 e. The summed E-state index contributed by atoms with van der Waals surface area (Å²) in [5.74, 6) is -1.44. The molecule has 11 heteroatoms. The van der Waals surface area contributed by atoms with E-state index in [0.717, 1.165) is 17.5 Å². The fourth-order valence-corrected chi connectivity index (χ4v) is 4.82. The lowest BCUT2D eigenvalue weighted by atomic mass is 9.93. The van der Waals surface area contributed by atoms with E-state index < -0.39 is 11.9 Å². The fraction of sp³-hybridized carbons (Fsp3) is 0.321. The molecule has 0 saturated carbocycles. The number of anilines is 1. The molecule has 2 aromatic carbocycles. The van der Waals surface area contributed by atoms with Crippen LogP contribution in [0.25, 0.3) is 17.3 Å². The lowest BCUT2D eigenvalue weighted by Gasteiger charge is -2.18. The van der Waals surface area contributed by atoms with E-state index in [2.05, 4.69) is 31.1 Å².